The Morgan fingerprint density at radius 3 is 2.23 bits per heavy atom. The molecule has 0 spiro atoms. The van der Waals surface area contributed by atoms with Gasteiger partial charge in [0.15, 0.2) is 0 Å². The molecular weight excluding hydrogens is 376 g/mol. The van der Waals surface area contributed by atoms with Gasteiger partial charge in [-0.2, -0.15) is 0 Å². The normalized spacial score (nSPS) is 10.7. The molecular formula is C25H28N2O3. The number of nitrogens with one attached hydrogen (secondary N) is 1. The van der Waals surface area contributed by atoms with Gasteiger partial charge < -0.3 is 14.6 Å². The van der Waals surface area contributed by atoms with E-state index >= 15 is 0 Å². The summed E-state index contributed by atoms with van der Waals surface area (Å²) in [6, 6.07) is 17.5. The molecule has 1 amide bonds. The largest absolute Gasteiger partial charge is 0.461 e. The smallest absolute Gasteiger partial charge is 0.355 e. The second kappa shape index (κ2) is 9.44. The van der Waals surface area contributed by atoms with Crippen LogP contribution in [0.5, 0.6) is 0 Å². The second-order valence-electron chi connectivity index (χ2n) is 7.46. The third-order valence-corrected chi connectivity index (χ3v) is 5.22. The minimum absolute atomic E-state index is 0.0449. The Hall–Kier alpha value is -3.34. The predicted molar refractivity (Wildman–Crippen MR) is 117 cm³/mol. The van der Waals surface area contributed by atoms with E-state index < -0.39 is 0 Å². The highest BCUT2D eigenvalue weighted by atomic mass is 16.5. The Morgan fingerprint density at radius 2 is 1.60 bits per heavy atom. The van der Waals surface area contributed by atoms with E-state index in [2.05, 4.69) is 4.98 Å². The molecule has 0 saturated heterocycles. The van der Waals surface area contributed by atoms with E-state index in [0.29, 0.717) is 31.0 Å². The first-order valence-corrected chi connectivity index (χ1v) is 10.2. The Kier molecular flexibility index (Phi) is 6.72. The first kappa shape index (κ1) is 21.4. The molecule has 0 aliphatic heterocycles. The van der Waals surface area contributed by atoms with Crippen molar-refractivity contribution in [2.45, 2.75) is 40.8 Å². The van der Waals surface area contributed by atoms with Gasteiger partial charge in [-0.25, -0.2) is 4.79 Å². The van der Waals surface area contributed by atoms with Crippen LogP contribution in [0.1, 0.15) is 55.7 Å². The summed E-state index contributed by atoms with van der Waals surface area (Å²) in [6.07, 6.45) is 0. The quantitative estimate of drug-likeness (QED) is 0.566. The van der Waals surface area contributed by atoms with Crippen molar-refractivity contribution in [3.63, 3.8) is 0 Å². The number of esters is 1. The van der Waals surface area contributed by atoms with Crippen molar-refractivity contribution in [3.8, 4) is 0 Å². The van der Waals surface area contributed by atoms with E-state index in [4.69, 9.17) is 4.74 Å². The molecule has 0 bridgehead atoms. The minimum atomic E-state index is -0.371. The molecule has 1 N–H and O–H groups in total. The van der Waals surface area contributed by atoms with Crippen LogP contribution in [0.15, 0.2) is 54.6 Å². The van der Waals surface area contributed by atoms with Gasteiger partial charge >= 0.3 is 5.97 Å². The summed E-state index contributed by atoms with van der Waals surface area (Å²) < 4.78 is 5.15. The second-order valence-corrected chi connectivity index (χ2v) is 7.46. The lowest BCUT2D eigenvalue weighted by Gasteiger charge is -2.24. The van der Waals surface area contributed by atoms with E-state index in [1.807, 2.05) is 80.3 Å². The average molecular weight is 405 g/mol. The van der Waals surface area contributed by atoms with Gasteiger partial charge in [-0.3, -0.25) is 4.79 Å². The molecule has 3 aromatic rings. The van der Waals surface area contributed by atoms with Crippen molar-refractivity contribution < 1.29 is 14.3 Å². The van der Waals surface area contributed by atoms with Crippen molar-refractivity contribution in [3.05, 3.63) is 93.8 Å². The maximum Gasteiger partial charge on any atom is 0.355 e. The van der Waals surface area contributed by atoms with Crippen molar-refractivity contribution in [1.29, 1.82) is 0 Å². The molecule has 0 unspecified atom stereocenters. The Morgan fingerprint density at radius 1 is 0.933 bits per heavy atom. The fourth-order valence-corrected chi connectivity index (χ4v) is 3.51. The van der Waals surface area contributed by atoms with Gasteiger partial charge in [-0.15, -0.1) is 0 Å². The van der Waals surface area contributed by atoms with Gasteiger partial charge in [0.05, 0.1) is 6.61 Å². The summed E-state index contributed by atoms with van der Waals surface area (Å²) in [5.74, 6) is -0.416. The number of ether oxygens (including phenoxy) is 1. The first-order valence-electron chi connectivity index (χ1n) is 10.2. The topological polar surface area (TPSA) is 62.4 Å². The first-order chi connectivity index (χ1) is 14.4. The number of aromatic amines is 1. The van der Waals surface area contributed by atoms with E-state index in [-0.39, 0.29) is 11.9 Å². The van der Waals surface area contributed by atoms with Crippen LogP contribution < -0.4 is 0 Å². The number of rotatable bonds is 7. The van der Waals surface area contributed by atoms with Crippen LogP contribution >= 0.6 is 0 Å². The summed E-state index contributed by atoms with van der Waals surface area (Å²) >= 11 is 0. The highest BCUT2D eigenvalue weighted by Gasteiger charge is 2.23. The minimum Gasteiger partial charge on any atom is -0.461 e. The fraction of sp³-hybridized carbons (Fsp3) is 0.280. The zero-order valence-electron chi connectivity index (χ0n) is 18.0. The zero-order valence-corrected chi connectivity index (χ0v) is 18.0. The molecule has 30 heavy (non-hydrogen) atoms. The van der Waals surface area contributed by atoms with Crippen LogP contribution in [0.2, 0.25) is 0 Å². The number of nitrogens with zero attached hydrogens (tertiary/aromatic N) is 1. The van der Waals surface area contributed by atoms with Gasteiger partial charge in [0.2, 0.25) is 0 Å². The van der Waals surface area contributed by atoms with Gasteiger partial charge in [0.1, 0.15) is 5.69 Å². The van der Waals surface area contributed by atoms with Crippen LogP contribution in [-0.2, 0) is 17.8 Å². The number of benzene rings is 2. The summed E-state index contributed by atoms with van der Waals surface area (Å²) in [4.78, 5) is 30.6. The SMILES string of the molecule is CCOC(=O)c1[nH]c(C)c(CN(Cc2ccccc2)C(=O)c2ccc(C)cc2)c1C. The maximum atomic E-state index is 13.4. The Labute approximate surface area is 177 Å². The number of carbonyl (C=O) groups is 2. The number of carbonyl (C=O) groups excluding carboxylic acids is 2. The molecule has 156 valence electrons. The van der Waals surface area contributed by atoms with Gasteiger partial charge in [0.25, 0.3) is 5.91 Å². The van der Waals surface area contributed by atoms with Crippen molar-refractivity contribution in [1.82, 2.24) is 9.88 Å². The lowest BCUT2D eigenvalue weighted by Crippen LogP contribution is -2.30. The Balaban J connectivity index is 1.94. The van der Waals surface area contributed by atoms with Crippen LogP contribution in [-0.4, -0.2) is 28.4 Å². The number of hydrogen-bond donors (Lipinski definition) is 1. The fourth-order valence-electron chi connectivity index (χ4n) is 3.51. The third-order valence-electron chi connectivity index (χ3n) is 5.22. The van der Waals surface area contributed by atoms with E-state index in [0.717, 1.165) is 27.9 Å². The molecule has 0 aliphatic rings. The van der Waals surface area contributed by atoms with E-state index in [1.54, 1.807) is 6.92 Å². The van der Waals surface area contributed by atoms with Gasteiger partial charge in [-0.05, 0) is 56.5 Å². The molecule has 0 radical (unpaired) electrons. The molecule has 1 aromatic heterocycles. The number of amides is 1. The molecule has 0 aliphatic carbocycles. The van der Waals surface area contributed by atoms with Gasteiger partial charge in [0, 0.05) is 24.3 Å². The number of aryl methyl sites for hydroxylation is 2. The molecule has 2 aromatic carbocycles. The highest BCUT2D eigenvalue weighted by molar-refractivity contribution is 5.94. The lowest BCUT2D eigenvalue weighted by molar-refractivity contribution is 0.0519. The number of H-pyrrole nitrogens is 1. The van der Waals surface area contributed by atoms with Crippen molar-refractivity contribution in [2.24, 2.45) is 0 Å². The predicted octanol–water partition coefficient (Wildman–Crippen LogP) is 4.96. The standard InChI is InChI=1S/C25H28N2O3/c1-5-30-25(29)23-18(3)22(19(4)26-23)16-27(15-20-9-7-6-8-10-20)24(28)21-13-11-17(2)12-14-21/h6-14,26H,5,15-16H2,1-4H3. The van der Waals surface area contributed by atoms with Crippen LogP contribution in [0.3, 0.4) is 0 Å². The summed E-state index contributed by atoms with van der Waals surface area (Å²) in [6.45, 7) is 8.79. The molecule has 5 nitrogen and oxygen atoms in total. The third kappa shape index (κ3) is 4.79. The number of aromatic nitrogens is 1. The van der Waals surface area contributed by atoms with Crippen LogP contribution in [0.25, 0.3) is 0 Å². The van der Waals surface area contributed by atoms with Gasteiger partial charge in [-0.1, -0.05) is 48.0 Å². The molecule has 0 saturated carbocycles. The maximum absolute atomic E-state index is 13.4. The molecule has 0 atom stereocenters. The summed E-state index contributed by atoms with van der Waals surface area (Å²) in [5, 5.41) is 0. The lowest BCUT2D eigenvalue weighted by atomic mass is 10.1. The summed E-state index contributed by atoms with van der Waals surface area (Å²) in [5.41, 5.74) is 5.88. The molecule has 3 rings (SSSR count). The number of hydrogen-bond acceptors (Lipinski definition) is 3. The monoisotopic (exact) mass is 404 g/mol. The zero-order chi connectivity index (χ0) is 21.7. The summed E-state index contributed by atoms with van der Waals surface area (Å²) in [7, 11) is 0. The van der Waals surface area contributed by atoms with Crippen LogP contribution in [0.4, 0.5) is 0 Å². The molecule has 1 heterocycles. The van der Waals surface area contributed by atoms with Crippen molar-refractivity contribution in [2.75, 3.05) is 6.61 Å². The highest BCUT2D eigenvalue weighted by Crippen LogP contribution is 2.23. The average Bonchev–Trinajstić information content (AvgIpc) is 3.02. The van der Waals surface area contributed by atoms with Crippen LogP contribution in [0, 0.1) is 20.8 Å². The molecule has 0 fully saturated rings. The van der Waals surface area contributed by atoms with Crippen molar-refractivity contribution >= 4 is 11.9 Å². The van der Waals surface area contributed by atoms with E-state index in [1.165, 1.54) is 0 Å². The Bertz CT molecular complexity index is 1020. The van der Waals surface area contributed by atoms with E-state index in [9.17, 15) is 9.59 Å². The molecule has 5 heteroatoms.